The Morgan fingerprint density at radius 3 is 2.58 bits per heavy atom. The zero-order valence-corrected chi connectivity index (χ0v) is 16.0. The summed E-state index contributed by atoms with van der Waals surface area (Å²) in [4.78, 5) is 26.6. The molecule has 26 heavy (non-hydrogen) atoms. The zero-order chi connectivity index (χ0) is 18.4. The quantitative estimate of drug-likeness (QED) is 0.822. The molecule has 2 fully saturated rings. The fourth-order valence-electron chi connectivity index (χ4n) is 3.76. The van der Waals surface area contributed by atoms with Crippen LogP contribution in [0.15, 0.2) is 18.2 Å². The van der Waals surface area contributed by atoms with Gasteiger partial charge in [-0.15, -0.1) is 0 Å². The van der Waals surface area contributed by atoms with E-state index in [2.05, 4.69) is 10.6 Å². The lowest BCUT2D eigenvalue weighted by molar-refractivity contribution is -0.116. The third-order valence-corrected chi connectivity index (χ3v) is 5.68. The molecule has 0 spiro atoms. The second-order valence-electron chi connectivity index (χ2n) is 7.33. The van der Waals surface area contributed by atoms with Gasteiger partial charge in [-0.3, -0.25) is 9.59 Å². The summed E-state index contributed by atoms with van der Waals surface area (Å²) in [5, 5.41) is 6.64. The van der Waals surface area contributed by atoms with Crippen LogP contribution < -0.4 is 10.6 Å². The van der Waals surface area contributed by atoms with Crippen molar-refractivity contribution >= 4 is 29.1 Å². The molecule has 6 heteroatoms. The number of halogens is 1. The molecule has 1 aromatic carbocycles. The smallest absolute Gasteiger partial charge is 0.255 e. The second-order valence-corrected chi connectivity index (χ2v) is 7.73. The Hall–Kier alpha value is -1.59. The molecule has 2 heterocycles. The Balaban J connectivity index is 1.53. The molecule has 2 aliphatic heterocycles. The highest BCUT2D eigenvalue weighted by atomic mass is 35.5. The van der Waals surface area contributed by atoms with Crippen molar-refractivity contribution in [3.8, 4) is 0 Å². The highest BCUT2D eigenvalue weighted by molar-refractivity contribution is 6.34. The molecule has 0 bridgehead atoms. The monoisotopic (exact) mass is 377 g/mol. The van der Waals surface area contributed by atoms with E-state index in [4.69, 9.17) is 11.6 Å². The Kier molecular flexibility index (Phi) is 6.92. The molecule has 142 valence electrons. The topological polar surface area (TPSA) is 61.4 Å². The maximum atomic E-state index is 12.6. The lowest BCUT2D eigenvalue weighted by Crippen LogP contribution is -2.35. The molecule has 1 aromatic rings. The van der Waals surface area contributed by atoms with Crippen molar-refractivity contribution < 1.29 is 9.59 Å². The summed E-state index contributed by atoms with van der Waals surface area (Å²) in [5.41, 5.74) is 1.17. The summed E-state index contributed by atoms with van der Waals surface area (Å²) in [6.45, 7) is 3.69. The number of hydrogen-bond donors (Lipinski definition) is 2. The minimum absolute atomic E-state index is 0.00899. The van der Waals surface area contributed by atoms with E-state index >= 15 is 0 Å². The number of likely N-dealkylation sites (tertiary alicyclic amines) is 1. The average molecular weight is 378 g/mol. The SMILES string of the molecule is O=C(CCC1CCNCC1)Nc1ccc(C(=O)N2CCCCC2)c(Cl)c1. The highest BCUT2D eigenvalue weighted by Gasteiger charge is 2.21. The van der Waals surface area contributed by atoms with Gasteiger partial charge in [-0.1, -0.05) is 11.6 Å². The molecule has 2 amide bonds. The van der Waals surface area contributed by atoms with Crippen LogP contribution in [0.25, 0.3) is 0 Å². The van der Waals surface area contributed by atoms with Gasteiger partial charge in [0.05, 0.1) is 10.6 Å². The van der Waals surface area contributed by atoms with Crippen LogP contribution in [0.3, 0.4) is 0 Å². The van der Waals surface area contributed by atoms with Crippen LogP contribution in [-0.2, 0) is 4.79 Å². The molecule has 2 saturated heterocycles. The first-order chi connectivity index (χ1) is 12.6. The first-order valence-corrected chi connectivity index (χ1v) is 10.1. The fourth-order valence-corrected chi connectivity index (χ4v) is 4.02. The molecule has 2 N–H and O–H groups in total. The number of nitrogens with one attached hydrogen (secondary N) is 2. The van der Waals surface area contributed by atoms with Crippen LogP contribution in [0.4, 0.5) is 5.69 Å². The predicted molar refractivity (Wildman–Crippen MR) is 105 cm³/mol. The van der Waals surface area contributed by atoms with Crippen molar-refractivity contribution in [2.75, 3.05) is 31.5 Å². The number of nitrogens with zero attached hydrogens (tertiary/aromatic N) is 1. The van der Waals surface area contributed by atoms with Crippen molar-refractivity contribution in [3.63, 3.8) is 0 Å². The van der Waals surface area contributed by atoms with Crippen molar-refractivity contribution in [3.05, 3.63) is 28.8 Å². The zero-order valence-electron chi connectivity index (χ0n) is 15.2. The Morgan fingerprint density at radius 2 is 1.88 bits per heavy atom. The number of rotatable bonds is 5. The normalized spacial score (nSPS) is 18.6. The summed E-state index contributed by atoms with van der Waals surface area (Å²) in [7, 11) is 0. The lowest BCUT2D eigenvalue weighted by Gasteiger charge is -2.27. The van der Waals surface area contributed by atoms with Gasteiger partial charge < -0.3 is 15.5 Å². The number of carbonyl (C=O) groups excluding carboxylic acids is 2. The molecule has 5 nitrogen and oxygen atoms in total. The summed E-state index contributed by atoms with van der Waals surface area (Å²) < 4.78 is 0. The van der Waals surface area contributed by atoms with Crippen molar-refractivity contribution in [2.24, 2.45) is 5.92 Å². The van der Waals surface area contributed by atoms with Gasteiger partial charge in [0.1, 0.15) is 0 Å². The molecule has 0 aromatic heterocycles. The van der Waals surface area contributed by atoms with Crippen LogP contribution in [-0.4, -0.2) is 42.9 Å². The summed E-state index contributed by atoms with van der Waals surface area (Å²) >= 11 is 6.32. The average Bonchev–Trinajstić information content (AvgIpc) is 2.67. The van der Waals surface area contributed by atoms with Gasteiger partial charge >= 0.3 is 0 Å². The third-order valence-electron chi connectivity index (χ3n) is 5.36. The van der Waals surface area contributed by atoms with Gasteiger partial charge in [-0.25, -0.2) is 0 Å². The van der Waals surface area contributed by atoms with Crippen molar-refractivity contribution in [1.82, 2.24) is 10.2 Å². The Labute approximate surface area is 160 Å². The molecule has 0 unspecified atom stereocenters. The van der Waals surface area contributed by atoms with E-state index in [-0.39, 0.29) is 11.8 Å². The molecule has 0 radical (unpaired) electrons. The summed E-state index contributed by atoms with van der Waals surface area (Å²) in [5.74, 6) is 0.628. The van der Waals surface area contributed by atoms with E-state index in [0.717, 1.165) is 58.3 Å². The van der Waals surface area contributed by atoms with Crippen LogP contribution >= 0.6 is 11.6 Å². The molecule has 2 aliphatic rings. The fraction of sp³-hybridized carbons (Fsp3) is 0.600. The number of hydrogen-bond acceptors (Lipinski definition) is 3. The molecule has 0 saturated carbocycles. The maximum absolute atomic E-state index is 12.6. The van der Waals surface area contributed by atoms with Gasteiger partial charge in [0, 0.05) is 25.2 Å². The standard InChI is InChI=1S/C20H28ClN3O2/c21-18-14-16(23-19(25)7-4-15-8-10-22-11-9-15)5-6-17(18)20(26)24-12-2-1-3-13-24/h5-6,14-15,22H,1-4,7-13H2,(H,23,25). The third kappa shape index (κ3) is 5.21. The first-order valence-electron chi connectivity index (χ1n) is 9.73. The molecule has 0 atom stereocenters. The maximum Gasteiger partial charge on any atom is 0.255 e. The summed E-state index contributed by atoms with van der Waals surface area (Å²) in [6.07, 6.45) is 7.02. The summed E-state index contributed by atoms with van der Waals surface area (Å²) in [6, 6.07) is 5.17. The van der Waals surface area contributed by atoms with E-state index in [1.54, 1.807) is 18.2 Å². The van der Waals surface area contributed by atoms with Gasteiger partial charge in [0.2, 0.25) is 5.91 Å². The first kappa shape index (κ1) is 19.2. The van der Waals surface area contributed by atoms with Crippen molar-refractivity contribution in [1.29, 1.82) is 0 Å². The largest absolute Gasteiger partial charge is 0.339 e. The van der Waals surface area contributed by atoms with E-state index in [1.807, 2.05) is 4.90 Å². The van der Waals surface area contributed by atoms with E-state index in [0.29, 0.717) is 28.6 Å². The minimum atomic E-state index is -0.0153. The molecular weight excluding hydrogens is 350 g/mol. The Morgan fingerprint density at radius 1 is 1.15 bits per heavy atom. The molecule has 0 aliphatic carbocycles. The molecular formula is C20H28ClN3O2. The number of carbonyl (C=O) groups is 2. The van der Waals surface area contributed by atoms with Crippen LogP contribution in [0.1, 0.15) is 55.3 Å². The van der Waals surface area contributed by atoms with E-state index < -0.39 is 0 Å². The minimum Gasteiger partial charge on any atom is -0.339 e. The Bertz CT molecular complexity index is 638. The number of anilines is 1. The molecule has 3 rings (SSSR count). The van der Waals surface area contributed by atoms with E-state index in [1.165, 1.54) is 6.42 Å². The highest BCUT2D eigenvalue weighted by Crippen LogP contribution is 2.24. The van der Waals surface area contributed by atoms with Gasteiger partial charge in [-0.05, 0) is 75.7 Å². The van der Waals surface area contributed by atoms with E-state index in [9.17, 15) is 9.59 Å². The second kappa shape index (κ2) is 9.38. The number of amides is 2. The number of benzene rings is 1. The van der Waals surface area contributed by atoms with Crippen LogP contribution in [0.2, 0.25) is 5.02 Å². The van der Waals surface area contributed by atoms with Gasteiger partial charge in [0.25, 0.3) is 5.91 Å². The van der Waals surface area contributed by atoms with Gasteiger partial charge in [-0.2, -0.15) is 0 Å². The predicted octanol–water partition coefficient (Wildman–Crippen LogP) is 3.68. The van der Waals surface area contributed by atoms with Crippen molar-refractivity contribution in [2.45, 2.75) is 44.9 Å². The number of piperidine rings is 2. The lowest BCUT2D eigenvalue weighted by atomic mass is 9.93. The van der Waals surface area contributed by atoms with Crippen LogP contribution in [0, 0.1) is 5.92 Å². The van der Waals surface area contributed by atoms with Gasteiger partial charge in [0.15, 0.2) is 0 Å². The van der Waals surface area contributed by atoms with Crippen LogP contribution in [0.5, 0.6) is 0 Å².